The highest BCUT2D eigenvalue weighted by Crippen LogP contribution is 2.36. The monoisotopic (exact) mass is 473 g/mol. The summed E-state index contributed by atoms with van der Waals surface area (Å²) >= 11 is 0. The minimum atomic E-state index is -4.90. The summed E-state index contributed by atoms with van der Waals surface area (Å²) in [7, 11) is 0. The summed E-state index contributed by atoms with van der Waals surface area (Å²) in [6, 6.07) is 6.61. The summed E-state index contributed by atoms with van der Waals surface area (Å²) < 4.78 is 102. The van der Waals surface area contributed by atoms with Gasteiger partial charge in [0.2, 0.25) is 0 Å². The summed E-state index contributed by atoms with van der Waals surface area (Å²) in [6.45, 7) is 0.650. The highest BCUT2D eigenvalue weighted by molar-refractivity contribution is 5.85. The molecule has 2 aromatic carbocycles. The van der Waals surface area contributed by atoms with Gasteiger partial charge >= 0.3 is 12.4 Å². The molecule has 0 unspecified atom stereocenters. The van der Waals surface area contributed by atoms with Crippen LogP contribution in [-0.2, 0) is 28.2 Å². The van der Waals surface area contributed by atoms with E-state index in [1.165, 1.54) is 12.1 Å². The quantitative estimate of drug-likeness (QED) is 0.579. The molecule has 1 aliphatic rings. The maximum atomic E-state index is 13.1. The molecule has 2 atom stereocenters. The number of hydrogen-bond donors (Lipinski definition) is 1. The molecule has 3 rings (SSSR count). The van der Waals surface area contributed by atoms with E-state index in [1.54, 1.807) is 12.1 Å². The zero-order chi connectivity index (χ0) is 21.9. The van der Waals surface area contributed by atoms with Crippen molar-refractivity contribution in [2.45, 2.75) is 31.1 Å². The number of morpholine rings is 1. The Morgan fingerprint density at radius 3 is 2.06 bits per heavy atom. The third-order valence-electron chi connectivity index (χ3n) is 4.57. The molecule has 1 heterocycles. The SMILES string of the molecule is Cl.Fc1ccc([C@@H]2NCCO[C@H]2OCCc2cc(C(F)(F)F)cc(C(F)(F)F)c2)cc1. The minimum Gasteiger partial charge on any atom is -0.350 e. The van der Waals surface area contributed by atoms with Crippen LogP contribution >= 0.6 is 12.4 Å². The number of alkyl halides is 6. The van der Waals surface area contributed by atoms with E-state index in [-0.39, 0.29) is 37.1 Å². The van der Waals surface area contributed by atoms with Gasteiger partial charge in [-0.1, -0.05) is 12.1 Å². The van der Waals surface area contributed by atoms with Gasteiger partial charge in [0.15, 0.2) is 6.29 Å². The first-order valence-corrected chi connectivity index (χ1v) is 9.04. The van der Waals surface area contributed by atoms with E-state index in [0.29, 0.717) is 30.8 Å². The smallest absolute Gasteiger partial charge is 0.350 e. The van der Waals surface area contributed by atoms with E-state index < -0.39 is 41.6 Å². The van der Waals surface area contributed by atoms with Gasteiger partial charge in [-0.15, -0.1) is 12.4 Å². The number of hydrogen-bond acceptors (Lipinski definition) is 3. The van der Waals surface area contributed by atoms with E-state index in [0.717, 1.165) is 0 Å². The molecule has 0 bridgehead atoms. The molecule has 11 heteroatoms. The molecule has 1 aliphatic heterocycles. The molecule has 1 N–H and O–H groups in total. The Kier molecular flexibility index (Phi) is 8.32. The molecular weight excluding hydrogens is 455 g/mol. The maximum Gasteiger partial charge on any atom is 0.416 e. The summed E-state index contributed by atoms with van der Waals surface area (Å²) in [5, 5.41) is 3.14. The molecule has 0 spiro atoms. The van der Waals surface area contributed by atoms with Crippen molar-refractivity contribution >= 4 is 12.4 Å². The van der Waals surface area contributed by atoms with Crippen LogP contribution in [0.2, 0.25) is 0 Å². The van der Waals surface area contributed by atoms with Crippen molar-refractivity contribution in [1.29, 1.82) is 0 Å². The molecule has 1 saturated heterocycles. The maximum absolute atomic E-state index is 13.1. The van der Waals surface area contributed by atoms with E-state index >= 15 is 0 Å². The second-order valence-corrected chi connectivity index (χ2v) is 6.76. The molecule has 0 radical (unpaired) electrons. The summed E-state index contributed by atoms with van der Waals surface area (Å²) in [6.07, 6.45) is -10.8. The molecule has 0 saturated carbocycles. The minimum absolute atomic E-state index is 0. The van der Waals surface area contributed by atoms with Crippen LogP contribution in [0.15, 0.2) is 42.5 Å². The second-order valence-electron chi connectivity index (χ2n) is 6.76. The van der Waals surface area contributed by atoms with E-state index in [1.807, 2.05) is 0 Å². The van der Waals surface area contributed by atoms with Crippen LogP contribution in [0.3, 0.4) is 0 Å². The standard InChI is InChI=1S/C20H18F7NO2.ClH/c21-16-3-1-13(2-4-16)17-18(30-8-6-28-17)29-7-5-12-9-14(19(22,23)24)11-15(10-12)20(25,26)27;/h1-4,9-11,17-18,28H,5-8H2;1H/t17-,18+;/m0./s1. The molecule has 3 nitrogen and oxygen atoms in total. The van der Waals surface area contributed by atoms with Crippen molar-refractivity contribution in [3.8, 4) is 0 Å². The largest absolute Gasteiger partial charge is 0.416 e. The van der Waals surface area contributed by atoms with Crippen LogP contribution in [0.25, 0.3) is 0 Å². The zero-order valence-corrected chi connectivity index (χ0v) is 16.7. The topological polar surface area (TPSA) is 30.5 Å². The Morgan fingerprint density at radius 1 is 0.935 bits per heavy atom. The fourth-order valence-corrected chi connectivity index (χ4v) is 3.13. The lowest BCUT2D eigenvalue weighted by Crippen LogP contribution is -2.43. The Balaban J connectivity index is 0.00000341. The van der Waals surface area contributed by atoms with Gasteiger partial charge in [0.05, 0.1) is 30.4 Å². The first-order chi connectivity index (χ1) is 14.0. The van der Waals surface area contributed by atoms with Crippen molar-refractivity contribution in [3.05, 3.63) is 70.5 Å². The van der Waals surface area contributed by atoms with Gasteiger partial charge in [-0.3, -0.25) is 0 Å². The number of halogens is 8. The third kappa shape index (κ3) is 6.80. The van der Waals surface area contributed by atoms with Crippen LogP contribution in [0.5, 0.6) is 0 Å². The Morgan fingerprint density at radius 2 is 1.52 bits per heavy atom. The van der Waals surface area contributed by atoms with Crippen molar-refractivity contribution < 1.29 is 40.2 Å². The summed E-state index contributed by atoms with van der Waals surface area (Å²) in [5.41, 5.74) is -2.21. The van der Waals surface area contributed by atoms with Crippen LogP contribution in [-0.4, -0.2) is 26.0 Å². The number of benzene rings is 2. The van der Waals surface area contributed by atoms with Gasteiger partial charge in [0.1, 0.15) is 5.82 Å². The molecule has 0 amide bonds. The Hall–Kier alpha value is -1.88. The highest BCUT2D eigenvalue weighted by atomic mass is 35.5. The summed E-state index contributed by atoms with van der Waals surface area (Å²) in [5.74, 6) is -0.419. The van der Waals surface area contributed by atoms with E-state index in [9.17, 15) is 30.7 Å². The fraction of sp³-hybridized carbons (Fsp3) is 0.400. The summed E-state index contributed by atoms with van der Waals surface area (Å²) in [4.78, 5) is 0. The Labute approximate surface area is 179 Å². The molecule has 0 aromatic heterocycles. The number of nitrogens with one attached hydrogen (secondary N) is 1. The van der Waals surface area contributed by atoms with Crippen molar-refractivity contribution in [1.82, 2.24) is 5.32 Å². The molecule has 31 heavy (non-hydrogen) atoms. The van der Waals surface area contributed by atoms with Gasteiger partial charge in [0.25, 0.3) is 0 Å². The average Bonchev–Trinajstić information content (AvgIpc) is 2.67. The second kappa shape index (κ2) is 10.2. The lowest BCUT2D eigenvalue weighted by molar-refractivity contribution is -0.177. The number of ether oxygens (including phenoxy) is 2. The molecule has 0 aliphatic carbocycles. The zero-order valence-electron chi connectivity index (χ0n) is 15.9. The van der Waals surface area contributed by atoms with E-state index in [4.69, 9.17) is 9.47 Å². The fourth-order valence-electron chi connectivity index (χ4n) is 3.13. The van der Waals surface area contributed by atoms with Crippen LogP contribution in [0.1, 0.15) is 28.3 Å². The van der Waals surface area contributed by atoms with Crippen molar-refractivity contribution in [3.63, 3.8) is 0 Å². The van der Waals surface area contributed by atoms with Gasteiger partial charge in [-0.2, -0.15) is 26.3 Å². The third-order valence-corrected chi connectivity index (χ3v) is 4.57. The van der Waals surface area contributed by atoms with Crippen molar-refractivity contribution in [2.24, 2.45) is 0 Å². The first-order valence-electron chi connectivity index (χ1n) is 9.04. The van der Waals surface area contributed by atoms with Crippen molar-refractivity contribution in [2.75, 3.05) is 19.8 Å². The van der Waals surface area contributed by atoms with Crippen LogP contribution in [0.4, 0.5) is 30.7 Å². The van der Waals surface area contributed by atoms with Gasteiger partial charge in [-0.25, -0.2) is 4.39 Å². The van der Waals surface area contributed by atoms with Gasteiger partial charge < -0.3 is 14.8 Å². The van der Waals surface area contributed by atoms with E-state index in [2.05, 4.69) is 5.32 Å². The number of rotatable bonds is 5. The lowest BCUT2D eigenvalue weighted by atomic mass is 10.0. The van der Waals surface area contributed by atoms with Gasteiger partial charge in [0, 0.05) is 6.54 Å². The normalized spacial score (nSPS) is 19.7. The predicted molar refractivity (Wildman–Crippen MR) is 100 cm³/mol. The molecular formula is C20H19ClF7NO2. The molecule has 1 fully saturated rings. The van der Waals surface area contributed by atoms with Gasteiger partial charge in [-0.05, 0) is 47.9 Å². The first kappa shape index (κ1) is 25.4. The Bertz CT molecular complexity index is 824. The molecule has 172 valence electrons. The highest BCUT2D eigenvalue weighted by Gasteiger charge is 2.37. The average molecular weight is 474 g/mol. The predicted octanol–water partition coefficient (Wildman–Crippen LogP) is 5.53. The van der Waals surface area contributed by atoms with Crippen LogP contribution in [0, 0.1) is 5.82 Å². The van der Waals surface area contributed by atoms with Crippen LogP contribution < -0.4 is 5.32 Å². The molecule has 2 aromatic rings. The lowest BCUT2D eigenvalue weighted by Gasteiger charge is -2.33.